The molecule has 5 nitrogen and oxygen atoms in total. The highest BCUT2D eigenvalue weighted by molar-refractivity contribution is 7.90. The molecule has 1 aromatic rings. The third-order valence-corrected chi connectivity index (χ3v) is 4.22. The minimum Gasteiger partial charge on any atom is -0.327 e. The van der Waals surface area contributed by atoms with Gasteiger partial charge in [-0.1, -0.05) is 6.92 Å². The zero-order chi connectivity index (χ0) is 13.1. The number of aromatic nitrogens is 2. The number of sulfone groups is 1. The van der Waals surface area contributed by atoms with Gasteiger partial charge in [0.1, 0.15) is 0 Å². The summed E-state index contributed by atoms with van der Waals surface area (Å²) in [7, 11) is -3.16. The monoisotopic (exact) mass is 259 g/mol. The zero-order valence-corrected chi connectivity index (χ0v) is 11.4. The Hall–Kier alpha value is -0.880. The Balaban J connectivity index is 2.69. The van der Waals surface area contributed by atoms with Crippen molar-refractivity contribution in [1.29, 1.82) is 0 Å². The second-order valence-corrected chi connectivity index (χ2v) is 6.71. The first-order chi connectivity index (χ1) is 7.84. The van der Waals surface area contributed by atoms with E-state index in [9.17, 15) is 8.42 Å². The molecule has 98 valence electrons. The first-order valence-electron chi connectivity index (χ1n) is 5.84. The van der Waals surface area contributed by atoms with Gasteiger partial charge in [0, 0.05) is 18.3 Å². The van der Waals surface area contributed by atoms with Gasteiger partial charge in [-0.3, -0.25) is 4.68 Å². The summed E-state index contributed by atoms with van der Waals surface area (Å²) in [6, 6.07) is 1.70. The fourth-order valence-corrected chi connectivity index (χ4v) is 3.08. The van der Waals surface area contributed by atoms with Crippen molar-refractivity contribution < 1.29 is 8.42 Å². The van der Waals surface area contributed by atoms with Crippen molar-refractivity contribution >= 4 is 9.84 Å². The smallest absolute Gasteiger partial charge is 0.157 e. The molecular formula is C11H21N3O2S. The Morgan fingerprint density at radius 2 is 2.12 bits per heavy atom. The topological polar surface area (TPSA) is 78.0 Å². The van der Waals surface area contributed by atoms with Gasteiger partial charge >= 0.3 is 0 Å². The minimum absolute atomic E-state index is 0.0258. The fraction of sp³-hybridized carbons (Fsp3) is 0.727. The van der Waals surface area contributed by atoms with Crippen LogP contribution in [0.2, 0.25) is 0 Å². The van der Waals surface area contributed by atoms with Crippen LogP contribution in [0.25, 0.3) is 0 Å². The Kier molecular flexibility index (Phi) is 4.70. The fourth-order valence-electron chi connectivity index (χ4n) is 1.47. The Bertz CT molecular complexity index is 451. The van der Waals surface area contributed by atoms with E-state index in [1.807, 2.05) is 20.8 Å². The summed E-state index contributed by atoms with van der Waals surface area (Å²) < 4.78 is 25.4. The van der Waals surface area contributed by atoms with E-state index in [0.29, 0.717) is 12.1 Å². The van der Waals surface area contributed by atoms with Crippen molar-refractivity contribution in [2.24, 2.45) is 5.73 Å². The van der Waals surface area contributed by atoms with Crippen LogP contribution in [0.5, 0.6) is 0 Å². The van der Waals surface area contributed by atoms with Gasteiger partial charge in [-0.2, -0.15) is 5.10 Å². The first-order valence-corrected chi connectivity index (χ1v) is 7.66. The molecule has 0 radical (unpaired) electrons. The van der Waals surface area contributed by atoms with Crippen LogP contribution in [0.3, 0.4) is 0 Å². The van der Waals surface area contributed by atoms with Crippen molar-refractivity contribution in [2.45, 2.75) is 45.0 Å². The molecular weight excluding hydrogens is 238 g/mol. The molecule has 0 fully saturated rings. The van der Waals surface area contributed by atoms with Gasteiger partial charge < -0.3 is 5.73 Å². The average molecular weight is 259 g/mol. The van der Waals surface area contributed by atoms with Gasteiger partial charge in [-0.25, -0.2) is 8.42 Å². The lowest BCUT2D eigenvalue weighted by Crippen LogP contribution is -2.29. The lowest BCUT2D eigenvalue weighted by molar-refractivity contribution is 0.527. The van der Waals surface area contributed by atoms with Crippen molar-refractivity contribution in [1.82, 2.24) is 9.78 Å². The maximum atomic E-state index is 11.8. The van der Waals surface area contributed by atoms with E-state index >= 15 is 0 Å². The summed E-state index contributed by atoms with van der Waals surface area (Å²) >= 11 is 0. The second kappa shape index (κ2) is 5.64. The largest absolute Gasteiger partial charge is 0.327 e. The summed E-state index contributed by atoms with van der Waals surface area (Å²) in [5, 5.41) is 4.22. The van der Waals surface area contributed by atoms with Gasteiger partial charge in [0.05, 0.1) is 17.2 Å². The van der Waals surface area contributed by atoms with Crippen molar-refractivity contribution in [3.05, 3.63) is 18.0 Å². The molecule has 1 atom stereocenters. The van der Waals surface area contributed by atoms with Crippen molar-refractivity contribution in [2.75, 3.05) is 5.75 Å². The minimum atomic E-state index is -3.16. The van der Waals surface area contributed by atoms with E-state index in [-0.39, 0.29) is 23.6 Å². The molecule has 0 aliphatic carbocycles. The Morgan fingerprint density at radius 3 is 2.59 bits per heavy atom. The molecule has 0 saturated carbocycles. The van der Waals surface area contributed by atoms with Gasteiger partial charge in [-0.05, 0) is 26.3 Å². The van der Waals surface area contributed by atoms with Crippen LogP contribution in [-0.2, 0) is 15.6 Å². The summed E-state index contributed by atoms with van der Waals surface area (Å²) in [6.45, 7) is 5.88. The molecule has 0 aliphatic rings. The summed E-state index contributed by atoms with van der Waals surface area (Å²) in [4.78, 5) is 0. The number of nitrogens with two attached hydrogens (primary N) is 1. The molecule has 0 bridgehead atoms. The van der Waals surface area contributed by atoms with Gasteiger partial charge in [0.2, 0.25) is 0 Å². The number of hydrogen-bond acceptors (Lipinski definition) is 4. The number of nitrogens with zero attached hydrogens (tertiary/aromatic N) is 2. The molecule has 1 heterocycles. The summed E-state index contributed by atoms with van der Waals surface area (Å²) in [6.07, 6.45) is 2.47. The summed E-state index contributed by atoms with van der Waals surface area (Å²) in [5.74, 6) is -0.00153. The average Bonchev–Trinajstić information content (AvgIpc) is 2.64. The predicted octanol–water partition coefficient (Wildman–Crippen LogP) is 1.12. The quantitative estimate of drug-likeness (QED) is 0.830. The molecule has 1 aromatic heterocycles. The molecule has 0 aromatic carbocycles. The van der Waals surface area contributed by atoms with Crippen LogP contribution in [-0.4, -0.2) is 30.0 Å². The standard InChI is InChI=1S/C11H21N3O2S/c1-4-10(12)7-17(15,16)8-11-5-6-14(13-11)9(2)3/h5-6,9-10H,4,7-8,12H2,1-3H3. The molecule has 17 heavy (non-hydrogen) atoms. The zero-order valence-electron chi connectivity index (χ0n) is 10.6. The van der Waals surface area contributed by atoms with Gasteiger partial charge in [0.25, 0.3) is 0 Å². The van der Waals surface area contributed by atoms with E-state index in [0.717, 1.165) is 0 Å². The maximum Gasteiger partial charge on any atom is 0.157 e. The SMILES string of the molecule is CCC(N)CS(=O)(=O)Cc1ccn(C(C)C)n1. The normalized spacial score (nSPS) is 14.2. The lowest BCUT2D eigenvalue weighted by atomic mass is 10.3. The molecule has 2 N–H and O–H groups in total. The van der Waals surface area contributed by atoms with Crippen LogP contribution in [0.15, 0.2) is 12.3 Å². The third kappa shape index (κ3) is 4.47. The van der Waals surface area contributed by atoms with Crippen molar-refractivity contribution in [3.8, 4) is 0 Å². The maximum absolute atomic E-state index is 11.8. The molecule has 1 unspecified atom stereocenters. The highest BCUT2D eigenvalue weighted by Gasteiger charge is 2.17. The van der Waals surface area contributed by atoms with E-state index < -0.39 is 9.84 Å². The number of rotatable bonds is 6. The Labute approximate surface area is 103 Å². The van der Waals surface area contributed by atoms with E-state index in [2.05, 4.69) is 5.10 Å². The van der Waals surface area contributed by atoms with E-state index in [1.54, 1.807) is 16.9 Å². The van der Waals surface area contributed by atoms with E-state index in [1.165, 1.54) is 0 Å². The van der Waals surface area contributed by atoms with Crippen LogP contribution >= 0.6 is 0 Å². The molecule has 0 saturated heterocycles. The van der Waals surface area contributed by atoms with Crippen LogP contribution in [0.1, 0.15) is 38.9 Å². The predicted molar refractivity (Wildman–Crippen MR) is 68.4 cm³/mol. The van der Waals surface area contributed by atoms with Gasteiger partial charge in [-0.15, -0.1) is 0 Å². The van der Waals surface area contributed by atoms with Crippen LogP contribution in [0.4, 0.5) is 0 Å². The highest BCUT2D eigenvalue weighted by Crippen LogP contribution is 2.09. The third-order valence-electron chi connectivity index (χ3n) is 2.55. The molecule has 0 spiro atoms. The van der Waals surface area contributed by atoms with Gasteiger partial charge in [0.15, 0.2) is 9.84 Å². The van der Waals surface area contributed by atoms with E-state index in [4.69, 9.17) is 5.73 Å². The van der Waals surface area contributed by atoms with Crippen LogP contribution in [0, 0.1) is 0 Å². The molecule has 0 aliphatic heterocycles. The van der Waals surface area contributed by atoms with Crippen molar-refractivity contribution in [3.63, 3.8) is 0 Å². The van der Waals surface area contributed by atoms with Crippen LogP contribution < -0.4 is 5.73 Å². The number of hydrogen-bond donors (Lipinski definition) is 1. The summed E-state index contributed by atoms with van der Waals surface area (Å²) in [5.41, 5.74) is 6.25. The first kappa shape index (κ1) is 14.2. The molecule has 1 rings (SSSR count). The highest BCUT2D eigenvalue weighted by atomic mass is 32.2. The second-order valence-electron chi connectivity index (χ2n) is 4.60. The Morgan fingerprint density at radius 1 is 1.47 bits per heavy atom. The molecule has 0 amide bonds. The lowest BCUT2D eigenvalue weighted by Gasteiger charge is -2.08. The molecule has 6 heteroatoms.